The average Bonchev–Trinajstić information content (AvgIpc) is 2.77. The van der Waals surface area contributed by atoms with Crippen molar-refractivity contribution in [2.45, 2.75) is 6.18 Å². The summed E-state index contributed by atoms with van der Waals surface area (Å²) >= 11 is 0. The monoisotopic (exact) mass is 242 g/mol. The van der Waals surface area contributed by atoms with Crippen molar-refractivity contribution in [2.24, 2.45) is 0 Å². The van der Waals surface area contributed by atoms with Gasteiger partial charge in [0.25, 0.3) is 0 Å². The van der Waals surface area contributed by atoms with Gasteiger partial charge in [-0.2, -0.15) is 13.2 Å². The van der Waals surface area contributed by atoms with Crippen LogP contribution in [0.4, 0.5) is 13.2 Å². The van der Waals surface area contributed by atoms with E-state index in [1.165, 1.54) is 7.11 Å². The minimum absolute atomic E-state index is 0.134. The molecule has 1 heterocycles. The van der Waals surface area contributed by atoms with Crippen molar-refractivity contribution in [3.8, 4) is 17.1 Å². The van der Waals surface area contributed by atoms with Crippen LogP contribution in [0.2, 0.25) is 0 Å². The number of benzene rings is 1. The van der Waals surface area contributed by atoms with E-state index in [1.54, 1.807) is 24.3 Å². The number of ether oxygens (including phenoxy) is 1. The number of H-pyrrole nitrogens is 1. The fraction of sp³-hybridized carbons (Fsp3) is 0.182. The van der Waals surface area contributed by atoms with Crippen molar-refractivity contribution < 1.29 is 17.9 Å². The molecule has 0 aliphatic rings. The Labute approximate surface area is 95.3 Å². The number of nitrogens with zero attached hydrogens (tertiary/aromatic N) is 1. The third-order valence-electron chi connectivity index (χ3n) is 2.24. The van der Waals surface area contributed by atoms with Crippen LogP contribution in [0.25, 0.3) is 11.4 Å². The van der Waals surface area contributed by atoms with Gasteiger partial charge in [-0.15, -0.1) is 0 Å². The van der Waals surface area contributed by atoms with Crippen LogP contribution in [0, 0.1) is 0 Å². The molecule has 0 unspecified atom stereocenters. The van der Waals surface area contributed by atoms with E-state index in [4.69, 9.17) is 4.74 Å². The van der Waals surface area contributed by atoms with Crippen molar-refractivity contribution >= 4 is 0 Å². The highest BCUT2D eigenvalue weighted by atomic mass is 19.4. The number of methoxy groups -OCH3 is 1. The van der Waals surface area contributed by atoms with E-state index in [2.05, 4.69) is 9.97 Å². The van der Waals surface area contributed by atoms with E-state index in [0.29, 0.717) is 11.3 Å². The molecule has 1 N–H and O–H groups in total. The van der Waals surface area contributed by atoms with Crippen molar-refractivity contribution in [1.29, 1.82) is 0 Å². The Hall–Kier alpha value is -1.98. The molecule has 0 saturated heterocycles. The molecular formula is C11H9F3N2O. The van der Waals surface area contributed by atoms with Crippen LogP contribution >= 0.6 is 0 Å². The number of imidazole rings is 1. The van der Waals surface area contributed by atoms with Crippen molar-refractivity contribution in [3.05, 3.63) is 36.2 Å². The van der Waals surface area contributed by atoms with Crippen LogP contribution in [-0.2, 0) is 6.18 Å². The first-order chi connectivity index (χ1) is 8.02. The van der Waals surface area contributed by atoms with E-state index in [0.717, 1.165) is 6.20 Å². The zero-order chi connectivity index (χ0) is 12.5. The lowest BCUT2D eigenvalue weighted by Crippen LogP contribution is -2.04. The van der Waals surface area contributed by atoms with Gasteiger partial charge >= 0.3 is 6.18 Å². The van der Waals surface area contributed by atoms with Gasteiger partial charge in [0.15, 0.2) is 0 Å². The number of halogens is 3. The second kappa shape index (κ2) is 4.12. The van der Waals surface area contributed by atoms with Gasteiger partial charge in [0, 0.05) is 0 Å². The summed E-state index contributed by atoms with van der Waals surface area (Å²) < 4.78 is 42.2. The molecule has 0 bridgehead atoms. The summed E-state index contributed by atoms with van der Waals surface area (Å²) in [4.78, 5) is 5.93. The van der Waals surface area contributed by atoms with Gasteiger partial charge in [0.05, 0.1) is 18.9 Å². The lowest BCUT2D eigenvalue weighted by Gasteiger charge is -2.05. The molecule has 6 heteroatoms. The van der Waals surface area contributed by atoms with Crippen LogP contribution in [0.15, 0.2) is 30.5 Å². The van der Waals surface area contributed by atoms with Crippen LogP contribution in [0.3, 0.4) is 0 Å². The fourth-order valence-corrected chi connectivity index (χ4v) is 1.44. The molecule has 0 amide bonds. The highest BCUT2D eigenvalue weighted by Gasteiger charge is 2.33. The van der Waals surface area contributed by atoms with Crippen molar-refractivity contribution in [3.63, 3.8) is 0 Å². The minimum Gasteiger partial charge on any atom is -0.496 e. The number of hydrogen-bond donors (Lipinski definition) is 1. The highest BCUT2D eigenvalue weighted by molar-refractivity contribution is 5.64. The summed E-state index contributed by atoms with van der Waals surface area (Å²) in [5.41, 5.74) is -0.385. The van der Waals surface area contributed by atoms with E-state index in [9.17, 15) is 13.2 Å². The summed E-state index contributed by atoms with van der Waals surface area (Å²) in [6.45, 7) is 0. The molecular weight excluding hydrogens is 233 g/mol. The van der Waals surface area contributed by atoms with E-state index < -0.39 is 11.9 Å². The molecule has 3 nitrogen and oxygen atoms in total. The topological polar surface area (TPSA) is 37.9 Å². The van der Waals surface area contributed by atoms with Gasteiger partial charge in [-0.05, 0) is 12.1 Å². The third kappa shape index (κ3) is 2.25. The number of para-hydroxylation sites is 1. The van der Waals surface area contributed by atoms with E-state index in [-0.39, 0.29) is 5.82 Å². The summed E-state index contributed by atoms with van der Waals surface area (Å²) in [5, 5.41) is 0. The van der Waals surface area contributed by atoms with Gasteiger partial charge in [0.2, 0.25) is 0 Å². The summed E-state index contributed by atoms with van der Waals surface area (Å²) in [5.74, 6) is 0.602. The maximum absolute atomic E-state index is 12.4. The Kier molecular flexibility index (Phi) is 2.79. The summed E-state index contributed by atoms with van der Waals surface area (Å²) in [6, 6.07) is 6.73. The summed E-state index contributed by atoms with van der Waals surface area (Å²) in [6.07, 6.45) is -3.66. The number of nitrogens with one attached hydrogen (secondary N) is 1. The molecule has 1 aromatic carbocycles. The average molecular weight is 242 g/mol. The zero-order valence-electron chi connectivity index (χ0n) is 8.88. The molecule has 17 heavy (non-hydrogen) atoms. The van der Waals surface area contributed by atoms with Gasteiger partial charge in [-0.25, -0.2) is 4.98 Å². The Morgan fingerprint density at radius 3 is 2.53 bits per heavy atom. The number of aromatic amines is 1. The molecule has 0 fully saturated rings. The molecule has 90 valence electrons. The quantitative estimate of drug-likeness (QED) is 0.878. The standard InChI is InChI=1S/C11H9F3N2O/c1-17-8-5-3-2-4-7(8)10-15-6-9(16-10)11(12,13)14/h2-6H,1H3,(H,15,16). The van der Waals surface area contributed by atoms with Gasteiger partial charge in [0.1, 0.15) is 17.3 Å². The first-order valence-corrected chi connectivity index (χ1v) is 4.78. The molecule has 0 aliphatic heterocycles. The minimum atomic E-state index is -4.42. The van der Waals surface area contributed by atoms with E-state index >= 15 is 0 Å². The van der Waals surface area contributed by atoms with E-state index in [1.807, 2.05) is 0 Å². The maximum Gasteiger partial charge on any atom is 0.432 e. The molecule has 2 aromatic rings. The van der Waals surface area contributed by atoms with Crippen molar-refractivity contribution in [1.82, 2.24) is 9.97 Å². The van der Waals surface area contributed by atoms with Gasteiger partial charge in [-0.1, -0.05) is 12.1 Å². The molecule has 1 aromatic heterocycles. The second-order valence-electron chi connectivity index (χ2n) is 3.34. The molecule has 0 atom stereocenters. The Morgan fingerprint density at radius 1 is 1.24 bits per heavy atom. The smallest absolute Gasteiger partial charge is 0.432 e. The molecule has 2 rings (SSSR count). The molecule has 0 spiro atoms. The molecule has 0 radical (unpaired) electrons. The van der Waals surface area contributed by atoms with Crippen LogP contribution < -0.4 is 4.74 Å². The van der Waals surface area contributed by atoms with Crippen LogP contribution in [-0.4, -0.2) is 17.1 Å². The van der Waals surface area contributed by atoms with Crippen LogP contribution in [0.1, 0.15) is 5.69 Å². The fourth-order valence-electron chi connectivity index (χ4n) is 1.44. The maximum atomic E-state index is 12.4. The number of aromatic nitrogens is 2. The Bertz CT molecular complexity index is 519. The van der Waals surface area contributed by atoms with Crippen LogP contribution in [0.5, 0.6) is 5.75 Å². The van der Waals surface area contributed by atoms with Gasteiger partial charge < -0.3 is 9.72 Å². The first-order valence-electron chi connectivity index (χ1n) is 4.78. The Balaban J connectivity index is 2.44. The molecule has 0 saturated carbocycles. The third-order valence-corrected chi connectivity index (χ3v) is 2.24. The molecule has 0 aliphatic carbocycles. The Morgan fingerprint density at radius 2 is 1.94 bits per heavy atom. The van der Waals surface area contributed by atoms with Crippen molar-refractivity contribution in [2.75, 3.05) is 7.11 Å². The lowest BCUT2D eigenvalue weighted by atomic mass is 10.2. The SMILES string of the molecule is COc1ccccc1-c1ncc(C(F)(F)F)[nH]1. The predicted octanol–water partition coefficient (Wildman–Crippen LogP) is 3.10. The second-order valence-corrected chi connectivity index (χ2v) is 3.34. The zero-order valence-corrected chi connectivity index (χ0v) is 8.88. The van der Waals surface area contributed by atoms with Gasteiger partial charge in [-0.3, -0.25) is 0 Å². The summed E-state index contributed by atoms with van der Waals surface area (Å²) in [7, 11) is 1.45. The number of rotatable bonds is 2. The largest absolute Gasteiger partial charge is 0.496 e. The lowest BCUT2D eigenvalue weighted by molar-refractivity contribution is -0.140. The highest BCUT2D eigenvalue weighted by Crippen LogP contribution is 2.32. The number of alkyl halides is 3. The number of hydrogen-bond acceptors (Lipinski definition) is 2. The normalized spacial score (nSPS) is 11.5. The first kappa shape index (κ1) is 11.5. The predicted molar refractivity (Wildman–Crippen MR) is 55.6 cm³/mol.